The van der Waals surface area contributed by atoms with Crippen LogP contribution in [0.5, 0.6) is 0 Å². The molecule has 4 heterocycles. The fourth-order valence-electron chi connectivity index (χ4n) is 3.76. The molecule has 0 aliphatic carbocycles. The molecule has 1 saturated heterocycles. The molecule has 7 nitrogen and oxygen atoms in total. The Morgan fingerprint density at radius 3 is 2.78 bits per heavy atom. The van der Waals surface area contributed by atoms with Crippen molar-refractivity contribution < 1.29 is 4.92 Å². The van der Waals surface area contributed by atoms with Gasteiger partial charge in [0.05, 0.1) is 4.92 Å². The zero-order valence-electron chi connectivity index (χ0n) is 12.5. The SMILES string of the molecule is O=c1cccc2n1CC1CC2CN(c2ccc([N+](=O)[O-])cn2)C1. The van der Waals surface area contributed by atoms with Crippen molar-refractivity contribution in [1.82, 2.24) is 9.55 Å². The number of rotatable bonds is 2. The Labute approximate surface area is 132 Å². The monoisotopic (exact) mass is 312 g/mol. The number of nitrogens with zero attached hydrogens (tertiary/aromatic N) is 4. The van der Waals surface area contributed by atoms with Crippen LogP contribution >= 0.6 is 0 Å². The lowest BCUT2D eigenvalue weighted by Gasteiger charge is -2.43. The van der Waals surface area contributed by atoms with Gasteiger partial charge in [0.1, 0.15) is 12.0 Å². The van der Waals surface area contributed by atoms with E-state index >= 15 is 0 Å². The molecule has 2 aliphatic heterocycles. The largest absolute Gasteiger partial charge is 0.356 e. The van der Waals surface area contributed by atoms with E-state index in [-0.39, 0.29) is 11.2 Å². The van der Waals surface area contributed by atoms with E-state index in [0.717, 1.165) is 37.6 Å². The van der Waals surface area contributed by atoms with E-state index in [0.29, 0.717) is 11.8 Å². The fraction of sp³-hybridized carbons (Fsp3) is 0.375. The van der Waals surface area contributed by atoms with Crippen LogP contribution in [0, 0.1) is 16.0 Å². The number of nitro groups is 1. The van der Waals surface area contributed by atoms with Gasteiger partial charge < -0.3 is 9.47 Å². The van der Waals surface area contributed by atoms with Gasteiger partial charge in [-0.2, -0.15) is 0 Å². The quantitative estimate of drug-likeness (QED) is 0.623. The molecular formula is C16H16N4O3. The second-order valence-electron chi connectivity index (χ2n) is 6.23. The van der Waals surface area contributed by atoms with Gasteiger partial charge in [-0.3, -0.25) is 14.9 Å². The highest BCUT2D eigenvalue weighted by Gasteiger charge is 2.34. The summed E-state index contributed by atoms with van der Waals surface area (Å²) < 4.78 is 1.89. The van der Waals surface area contributed by atoms with Gasteiger partial charge in [-0.15, -0.1) is 0 Å². The summed E-state index contributed by atoms with van der Waals surface area (Å²) in [6, 6.07) is 8.65. The third-order valence-electron chi connectivity index (χ3n) is 4.75. The molecule has 0 amide bonds. The zero-order chi connectivity index (χ0) is 16.0. The maximum absolute atomic E-state index is 12.0. The topological polar surface area (TPSA) is 81.3 Å². The van der Waals surface area contributed by atoms with Crippen molar-refractivity contribution in [3.63, 3.8) is 0 Å². The first-order chi connectivity index (χ1) is 11.1. The average Bonchev–Trinajstić information content (AvgIpc) is 2.56. The van der Waals surface area contributed by atoms with Crippen molar-refractivity contribution >= 4 is 11.5 Å². The van der Waals surface area contributed by atoms with E-state index in [1.54, 1.807) is 12.1 Å². The van der Waals surface area contributed by atoms with Crippen LogP contribution in [0.15, 0.2) is 41.3 Å². The number of piperidine rings is 1. The van der Waals surface area contributed by atoms with Crippen molar-refractivity contribution in [2.75, 3.05) is 18.0 Å². The fourth-order valence-corrected chi connectivity index (χ4v) is 3.76. The summed E-state index contributed by atoms with van der Waals surface area (Å²) in [4.78, 5) is 28.7. The molecule has 2 aromatic heterocycles. The molecule has 23 heavy (non-hydrogen) atoms. The summed E-state index contributed by atoms with van der Waals surface area (Å²) >= 11 is 0. The summed E-state index contributed by atoms with van der Waals surface area (Å²) in [5.41, 5.74) is 1.15. The molecule has 0 saturated carbocycles. The number of anilines is 1. The minimum Gasteiger partial charge on any atom is -0.356 e. The van der Waals surface area contributed by atoms with Gasteiger partial charge >= 0.3 is 0 Å². The lowest BCUT2D eigenvalue weighted by molar-refractivity contribution is -0.385. The molecule has 0 N–H and O–H groups in total. The van der Waals surface area contributed by atoms with Crippen molar-refractivity contribution in [2.24, 2.45) is 5.92 Å². The molecule has 2 aliphatic rings. The van der Waals surface area contributed by atoms with Gasteiger partial charge in [-0.05, 0) is 24.5 Å². The summed E-state index contributed by atoms with van der Waals surface area (Å²) in [6.45, 7) is 2.34. The normalized spacial score (nSPS) is 22.5. The molecule has 2 aromatic rings. The van der Waals surface area contributed by atoms with E-state index in [2.05, 4.69) is 9.88 Å². The van der Waals surface area contributed by atoms with Crippen molar-refractivity contribution in [3.8, 4) is 0 Å². The van der Waals surface area contributed by atoms with Gasteiger partial charge in [-0.1, -0.05) is 6.07 Å². The van der Waals surface area contributed by atoms with E-state index in [9.17, 15) is 14.9 Å². The molecule has 4 rings (SSSR count). The molecule has 0 aromatic carbocycles. The zero-order valence-corrected chi connectivity index (χ0v) is 12.5. The molecule has 1 fully saturated rings. The summed E-state index contributed by atoms with van der Waals surface area (Å²) in [5.74, 6) is 1.46. The van der Waals surface area contributed by atoms with Crippen LogP contribution < -0.4 is 10.5 Å². The van der Waals surface area contributed by atoms with Crippen LogP contribution in [0.2, 0.25) is 0 Å². The smallest absolute Gasteiger partial charge is 0.287 e. The van der Waals surface area contributed by atoms with Crippen LogP contribution in [0.1, 0.15) is 18.0 Å². The van der Waals surface area contributed by atoms with Crippen molar-refractivity contribution in [2.45, 2.75) is 18.9 Å². The van der Waals surface area contributed by atoms with E-state index < -0.39 is 4.92 Å². The first-order valence-electron chi connectivity index (χ1n) is 7.67. The predicted octanol–water partition coefficient (Wildman–Crippen LogP) is 1.78. The minimum atomic E-state index is -0.440. The number of pyridine rings is 2. The van der Waals surface area contributed by atoms with Crippen LogP contribution in [-0.2, 0) is 6.54 Å². The highest BCUT2D eigenvalue weighted by Crippen LogP contribution is 2.36. The molecular weight excluding hydrogens is 296 g/mol. The van der Waals surface area contributed by atoms with Crippen LogP contribution in [0.25, 0.3) is 0 Å². The van der Waals surface area contributed by atoms with E-state index in [1.165, 1.54) is 12.3 Å². The van der Waals surface area contributed by atoms with Gasteiger partial charge in [0, 0.05) is 43.4 Å². The predicted molar refractivity (Wildman–Crippen MR) is 84.7 cm³/mol. The summed E-state index contributed by atoms with van der Waals surface area (Å²) in [7, 11) is 0. The van der Waals surface area contributed by atoms with E-state index in [4.69, 9.17) is 0 Å². The number of aromatic nitrogens is 2. The van der Waals surface area contributed by atoms with Crippen LogP contribution in [0.3, 0.4) is 0 Å². The van der Waals surface area contributed by atoms with Gasteiger partial charge in [0.2, 0.25) is 0 Å². The Morgan fingerprint density at radius 1 is 1.17 bits per heavy atom. The highest BCUT2D eigenvalue weighted by molar-refractivity contribution is 5.44. The highest BCUT2D eigenvalue weighted by atomic mass is 16.6. The second-order valence-corrected chi connectivity index (χ2v) is 6.23. The molecule has 0 radical (unpaired) electrons. The van der Waals surface area contributed by atoms with Gasteiger partial charge in [-0.25, -0.2) is 4.98 Å². The average molecular weight is 312 g/mol. The maximum atomic E-state index is 12.0. The lowest BCUT2D eigenvalue weighted by Crippen LogP contribution is -2.47. The molecule has 2 bridgehead atoms. The van der Waals surface area contributed by atoms with Crippen LogP contribution in [-0.4, -0.2) is 27.6 Å². The molecule has 2 atom stereocenters. The Balaban J connectivity index is 1.63. The Bertz CT molecular complexity index is 815. The lowest BCUT2D eigenvalue weighted by atomic mass is 9.83. The maximum Gasteiger partial charge on any atom is 0.287 e. The molecule has 118 valence electrons. The third-order valence-corrected chi connectivity index (χ3v) is 4.75. The number of hydrogen-bond acceptors (Lipinski definition) is 5. The number of hydrogen-bond donors (Lipinski definition) is 0. The minimum absolute atomic E-state index is 0.00264. The molecule has 7 heteroatoms. The molecule has 0 spiro atoms. The second kappa shape index (κ2) is 5.19. The van der Waals surface area contributed by atoms with Gasteiger partial charge in [0.25, 0.3) is 11.2 Å². The van der Waals surface area contributed by atoms with Crippen molar-refractivity contribution in [1.29, 1.82) is 0 Å². The first-order valence-corrected chi connectivity index (χ1v) is 7.67. The Morgan fingerprint density at radius 2 is 2.04 bits per heavy atom. The van der Waals surface area contributed by atoms with Crippen LogP contribution in [0.4, 0.5) is 11.5 Å². The van der Waals surface area contributed by atoms with Crippen molar-refractivity contribution in [3.05, 3.63) is 62.7 Å². The van der Waals surface area contributed by atoms with Gasteiger partial charge in [0.15, 0.2) is 0 Å². The standard InChI is InChI=1S/C16H16N4O3/c21-16-3-1-2-14-12-6-11(9-19(14)16)8-18(10-12)15-5-4-13(7-17-15)20(22)23/h1-5,7,11-12H,6,8-10H2. The molecule has 2 unspecified atom stereocenters. The summed E-state index contributed by atoms with van der Waals surface area (Å²) in [6.07, 6.45) is 2.38. The Kier molecular flexibility index (Phi) is 3.14. The third kappa shape index (κ3) is 2.38. The first kappa shape index (κ1) is 13.9. The Hall–Kier alpha value is -2.70. The van der Waals surface area contributed by atoms with E-state index in [1.807, 2.05) is 16.7 Å². The summed E-state index contributed by atoms with van der Waals surface area (Å²) in [5, 5.41) is 10.7. The number of fused-ring (bicyclic) bond motifs is 4.